The Morgan fingerprint density at radius 2 is 1.62 bits per heavy atom. The maximum atomic E-state index is 12.2. The molecule has 2 heteroatoms. The first-order valence-corrected chi connectivity index (χ1v) is 7.19. The van der Waals surface area contributed by atoms with E-state index in [1.54, 1.807) is 0 Å². The molecule has 0 N–H and O–H groups in total. The molecule has 0 aliphatic rings. The van der Waals surface area contributed by atoms with Crippen molar-refractivity contribution in [2.45, 2.75) is 34.6 Å². The number of Topliss-reactive ketones (excluding diaryl/α,β-unsaturated/α-hetero) is 1. The van der Waals surface area contributed by atoms with Crippen LogP contribution in [-0.4, -0.2) is 12.4 Å². The molecule has 0 aliphatic heterocycles. The Kier molecular flexibility index (Phi) is 4.46. The van der Waals surface area contributed by atoms with E-state index in [4.69, 9.17) is 4.74 Å². The molecule has 0 radical (unpaired) electrons. The van der Waals surface area contributed by atoms with Crippen LogP contribution < -0.4 is 4.74 Å². The van der Waals surface area contributed by atoms with Gasteiger partial charge in [-0.05, 0) is 74.6 Å². The highest BCUT2D eigenvalue weighted by molar-refractivity contribution is 5.97. The fraction of sp³-hybridized carbons (Fsp3) is 0.316. The van der Waals surface area contributed by atoms with Gasteiger partial charge in [0.1, 0.15) is 5.75 Å². The molecular formula is C19H22O2. The second kappa shape index (κ2) is 6.13. The molecule has 2 aromatic carbocycles. The largest absolute Gasteiger partial charge is 0.485 e. The molecule has 0 aliphatic carbocycles. The van der Waals surface area contributed by atoms with Gasteiger partial charge in [-0.25, -0.2) is 0 Å². The lowest BCUT2D eigenvalue weighted by Crippen LogP contribution is -2.12. The predicted molar refractivity (Wildman–Crippen MR) is 86.4 cm³/mol. The number of aryl methyl sites for hydroxylation is 4. The maximum absolute atomic E-state index is 12.2. The van der Waals surface area contributed by atoms with Gasteiger partial charge in [0, 0.05) is 5.56 Å². The van der Waals surface area contributed by atoms with E-state index < -0.39 is 0 Å². The number of rotatable bonds is 4. The van der Waals surface area contributed by atoms with Crippen molar-refractivity contribution in [1.29, 1.82) is 0 Å². The van der Waals surface area contributed by atoms with Crippen LogP contribution in [0.1, 0.15) is 38.2 Å². The first kappa shape index (κ1) is 15.3. The van der Waals surface area contributed by atoms with Crippen LogP contribution in [0.5, 0.6) is 5.75 Å². The Labute approximate surface area is 126 Å². The second-order valence-corrected chi connectivity index (χ2v) is 5.72. The summed E-state index contributed by atoms with van der Waals surface area (Å²) < 4.78 is 5.74. The molecule has 2 nitrogen and oxygen atoms in total. The molecule has 0 atom stereocenters. The molecule has 0 fully saturated rings. The van der Waals surface area contributed by atoms with Gasteiger partial charge >= 0.3 is 0 Å². The van der Waals surface area contributed by atoms with Gasteiger partial charge in [0.05, 0.1) is 0 Å². The lowest BCUT2D eigenvalue weighted by atomic mass is 10.0. The topological polar surface area (TPSA) is 26.3 Å². The van der Waals surface area contributed by atoms with E-state index >= 15 is 0 Å². The molecule has 110 valence electrons. The summed E-state index contributed by atoms with van der Waals surface area (Å²) in [5, 5.41) is 0. The van der Waals surface area contributed by atoms with Crippen LogP contribution in [0, 0.1) is 34.6 Å². The van der Waals surface area contributed by atoms with Gasteiger partial charge in [0.15, 0.2) is 12.4 Å². The summed E-state index contributed by atoms with van der Waals surface area (Å²) in [6, 6.07) is 9.87. The molecule has 21 heavy (non-hydrogen) atoms. The zero-order chi connectivity index (χ0) is 15.6. The van der Waals surface area contributed by atoms with Gasteiger partial charge in [-0.2, -0.15) is 0 Å². The van der Waals surface area contributed by atoms with Gasteiger partial charge in [0.2, 0.25) is 0 Å². The summed E-state index contributed by atoms with van der Waals surface area (Å²) in [6.45, 7) is 10.2. The lowest BCUT2D eigenvalue weighted by Gasteiger charge is -2.12. The number of hydrogen-bond acceptors (Lipinski definition) is 2. The molecule has 0 saturated heterocycles. The minimum atomic E-state index is 0.0108. The molecule has 2 rings (SSSR count). The van der Waals surface area contributed by atoms with E-state index in [0.29, 0.717) is 5.56 Å². The molecule has 0 heterocycles. The van der Waals surface area contributed by atoms with Crippen LogP contribution in [0.4, 0.5) is 0 Å². The summed E-state index contributed by atoms with van der Waals surface area (Å²) in [4.78, 5) is 12.2. The minimum Gasteiger partial charge on any atom is -0.485 e. The standard InChI is InChI=1S/C19H22O2/c1-12-8-15(4)16(5)19(9-12)21-11-18(20)17-7-6-13(2)14(3)10-17/h6-10H,11H2,1-5H3. The molecule has 2 aromatic rings. The van der Waals surface area contributed by atoms with E-state index in [0.717, 1.165) is 22.4 Å². The normalized spacial score (nSPS) is 10.5. The maximum Gasteiger partial charge on any atom is 0.200 e. The molecule has 0 amide bonds. The second-order valence-electron chi connectivity index (χ2n) is 5.72. The Morgan fingerprint density at radius 3 is 2.29 bits per heavy atom. The Morgan fingerprint density at radius 1 is 0.905 bits per heavy atom. The third kappa shape index (κ3) is 3.52. The van der Waals surface area contributed by atoms with E-state index in [1.807, 2.05) is 52.0 Å². The first-order valence-electron chi connectivity index (χ1n) is 7.19. The third-order valence-electron chi connectivity index (χ3n) is 3.95. The number of hydrogen-bond donors (Lipinski definition) is 0. The van der Waals surface area contributed by atoms with E-state index in [2.05, 4.69) is 13.0 Å². The SMILES string of the molecule is Cc1cc(C)c(C)c(OCC(=O)c2ccc(C)c(C)c2)c1. The fourth-order valence-electron chi connectivity index (χ4n) is 2.29. The third-order valence-corrected chi connectivity index (χ3v) is 3.95. The molecule has 0 bridgehead atoms. The average Bonchev–Trinajstić information content (AvgIpc) is 2.43. The van der Waals surface area contributed by atoms with Crippen LogP contribution >= 0.6 is 0 Å². The van der Waals surface area contributed by atoms with Gasteiger partial charge in [-0.1, -0.05) is 18.2 Å². The van der Waals surface area contributed by atoms with Crippen molar-refractivity contribution < 1.29 is 9.53 Å². The highest BCUT2D eigenvalue weighted by Gasteiger charge is 2.10. The van der Waals surface area contributed by atoms with Crippen LogP contribution in [-0.2, 0) is 0 Å². The number of carbonyl (C=O) groups is 1. The van der Waals surface area contributed by atoms with Crippen molar-refractivity contribution in [3.05, 3.63) is 63.7 Å². The molecule has 0 aromatic heterocycles. The van der Waals surface area contributed by atoms with Gasteiger partial charge in [0.25, 0.3) is 0 Å². The lowest BCUT2D eigenvalue weighted by molar-refractivity contribution is 0.0921. The highest BCUT2D eigenvalue weighted by Crippen LogP contribution is 2.23. The van der Waals surface area contributed by atoms with Crippen molar-refractivity contribution in [1.82, 2.24) is 0 Å². The van der Waals surface area contributed by atoms with Crippen molar-refractivity contribution >= 4 is 5.78 Å². The van der Waals surface area contributed by atoms with Gasteiger partial charge < -0.3 is 4.74 Å². The average molecular weight is 282 g/mol. The monoisotopic (exact) mass is 282 g/mol. The van der Waals surface area contributed by atoms with Gasteiger partial charge in [-0.15, -0.1) is 0 Å². The van der Waals surface area contributed by atoms with Gasteiger partial charge in [-0.3, -0.25) is 4.79 Å². The van der Waals surface area contributed by atoms with Crippen LogP contribution in [0.25, 0.3) is 0 Å². The summed E-state index contributed by atoms with van der Waals surface area (Å²) in [7, 11) is 0. The zero-order valence-corrected chi connectivity index (χ0v) is 13.4. The quantitative estimate of drug-likeness (QED) is 0.772. The number of benzene rings is 2. The summed E-state index contributed by atoms with van der Waals surface area (Å²) in [6.07, 6.45) is 0. The Balaban J connectivity index is 2.12. The van der Waals surface area contributed by atoms with Crippen molar-refractivity contribution in [3.63, 3.8) is 0 Å². The van der Waals surface area contributed by atoms with Crippen LogP contribution in [0.15, 0.2) is 30.3 Å². The molecule has 0 spiro atoms. The Hall–Kier alpha value is -2.09. The molecular weight excluding hydrogens is 260 g/mol. The summed E-state index contributed by atoms with van der Waals surface area (Å²) >= 11 is 0. The minimum absolute atomic E-state index is 0.0108. The molecule has 0 unspecified atom stereocenters. The van der Waals surface area contributed by atoms with E-state index in [9.17, 15) is 4.79 Å². The van der Waals surface area contributed by atoms with Crippen molar-refractivity contribution in [2.24, 2.45) is 0 Å². The van der Waals surface area contributed by atoms with Crippen LogP contribution in [0.2, 0.25) is 0 Å². The smallest absolute Gasteiger partial charge is 0.200 e. The highest BCUT2D eigenvalue weighted by atomic mass is 16.5. The number of carbonyl (C=O) groups excluding carboxylic acids is 1. The molecule has 0 saturated carbocycles. The summed E-state index contributed by atoms with van der Waals surface area (Å²) in [5.74, 6) is 0.807. The van der Waals surface area contributed by atoms with Crippen molar-refractivity contribution in [2.75, 3.05) is 6.61 Å². The van der Waals surface area contributed by atoms with Crippen molar-refractivity contribution in [3.8, 4) is 5.75 Å². The first-order chi connectivity index (χ1) is 9.88. The van der Waals surface area contributed by atoms with Crippen LogP contribution in [0.3, 0.4) is 0 Å². The zero-order valence-electron chi connectivity index (χ0n) is 13.4. The predicted octanol–water partition coefficient (Wildman–Crippen LogP) is 4.49. The number of ether oxygens (including phenoxy) is 1. The Bertz CT molecular complexity index is 684. The summed E-state index contributed by atoms with van der Waals surface area (Å²) in [5.41, 5.74) is 6.45. The van der Waals surface area contributed by atoms with E-state index in [-0.39, 0.29) is 12.4 Å². The fourth-order valence-corrected chi connectivity index (χ4v) is 2.29. The number of ketones is 1. The van der Waals surface area contributed by atoms with E-state index in [1.165, 1.54) is 11.1 Å².